The van der Waals surface area contributed by atoms with E-state index in [1.54, 1.807) is 12.1 Å². The van der Waals surface area contributed by atoms with Crippen LogP contribution in [0.25, 0.3) is 0 Å². The smallest absolute Gasteiger partial charge is 0.221 e. The lowest BCUT2D eigenvalue weighted by Gasteiger charge is -2.11. The minimum atomic E-state index is -3.95. The van der Waals surface area contributed by atoms with Crippen molar-refractivity contribution in [3.63, 3.8) is 0 Å². The lowest BCUT2D eigenvalue weighted by molar-refractivity contribution is -0.120. The quantitative estimate of drug-likeness (QED) is 0.193. The summed E-state index contributed by atoms with van der Waals surface area (Å²) >= 11 is 5.40. The van der Waals surface area contributed by atoms with Crippen LogP contribution in [0.2, 0.25) is 0 Å². The lowest BCUT2D eigenvalue weighted by Crippen LogP contribution is -2.30. The first kappa shape index (κ1) is 48.7. The fraction of sp³-hybridized carbons (Fsp3) is 0.571. The molecule has 0 heterocycles. The van der Waals surface area contributed by atoms with Gasteiger partial charge in [0.1, 0.15) is 0 Å². The third-order valence-corrected chi connectivity index (χ3v) is 14.0. The van der Waals surface area contributed by atoms with Gasteiger partial charge in [-0.2, -0.15) is 0 Å². The van der Waals surface area contributed by atoms with E-state index in [2.05, 4.69) is 46.5 Å². The normalized spacial score (nSPS) is 12.8. The van der Waals surface area contributed by atoms with Gasteiger partial charge < -0.3 is 10.4 Å². The highest BCUT2D eigenvalue weighted by Crippen LogP contribution is 2.19. The first-order valence-corrected chi connectivity index (χ1v) is 24.1. The number of hydrogen-bond acceptors (Lipinski definition) is 10. The second kappa shape index (κ2) is 22.7. The maximum absolute atomic E-state index is 12.3. The molecule has 1 unspecified atom stereocenters. The van der Waals surface area contributed by atoms with Gasteiger partial charge in [-0.05, 0) is 46.6 Å². The molecular weight excluding hydrogens is 758 g/mol. The van der Waals surface area contributed by atoms with Crippen LogP contribution in [0.1, 0.15) is 83.4 Å². The number of aliphatic hydroxyl groups excluding tert-OH is 1. The van der Waals surface area contributed by atoms with Crippen molar-refractivity contribution < 1.29 is 43.6 Å². The van der Waals surface area contributed by atoms with Gasteiger partial charge in [-0.3, -0.25) is 4.79 Å². The highest BCUT2D eigenvalue weighted by Gasteiger charge is 2.25. The van der Waals surface area contributed by atoms with Crippen molar-refractivity contribution in [2.75, 3.05) is 40.4 Å². The van der Waals surface area contributed by atoms with E-state index in [1.807, 2.05) is 38.1 Å². The molecule has 0 aliphatic heterocycles. The van der Waals surface area contributed by atoms with Gasteiger partial charge in [0.25, 0.3) is 0 Å². The topological polar surface area (TPSA) is 186 Å². The van der Waals surface area contributed by atoms with Gasteiger partial charge in [-0.15, -0.1) is 11.6 Å². The van der Waals surface area contributed by atoms with Crippen LogP contribution >= 0.6 is 11.6 Å². The summed E-state index contributed by atoms with van der Waals surface area (Å²) in [7, 11) is -14.7. The van der Waals surface area contributed by atoms with Crippen molar-refractivity contribution in [1.29, 1.82) is 0 Å². The number of amides is 1. The first-order valence-electron chi connectivity index (χ1n) is 16.5. The van der Waals surface area contributed by atoms with Crippen molar-refractivity contribution in [2.24, 2.45) is 5.92 Å². The Labute approximate surface area is 312 Å². The van der Waals surface area contributed by atoms with Crippen molar-refractivity contribution in [3.05, 3.63) is 77.2 Å². The predicted molar refractivity (Wildman–Crippen MR) is 208 cm³/mol. The molecule has 16 heteroatoms. The molecule has 0 aromatic heterocycles. The summed E-state index contributed by atoms with van der Waals surface area (Å²) in [4.78, 5) is 11.7. The Morgan fingerprint density at radius 3 is 1.63 bits per heavy atom. The summed E-state index contributed by atoms with van der Waals surface area (Å²) in [5.41, 5.74) is 3.21. The maximum Gasteiger partial charge on any atom is 0.221 e. The van der Waals surface area contributed by atoms with Crippen LogP contribution in [0.4, 0.5) is 0 Å². The highest BCUT2D eigenvalue weighted by atomic mass is 35.5. The molecule has 0 radical (unpaired) electrons. The molecule has 11 nitrogen and oxygen atoms in total. The number of nitrogens with one attached hydrogen (secondary N) is 1. The molecule has 0 spiro atoms. The zero-order chi connectivity index (χ0) is 39.6. The van der Waals surface area contributed by atoms with Crippen LogP contribution in [0.15, 0.2) is 65.4 Å². The Hall–Kier alpha value is -2.30. The summed E-state index contributed by atoms with van der Waals surface area (Å²) in [5.74, 6) is -1.85. The summed E-state index contributed by atoms with van der Waals surface area (Å²) in [6.07, 6.45) is -1.67. The summed E-state index contributed by atoms with van der Waals surface area (Å²) < 4.78 is 94.1. The number of benzene rings is 2. The molecule has 1 amide bonds. The summed E-state index contributed by atoms with van der Waals surface area (Å²) in [6.45, 7) is 18.2. The van der Waals surface area contributed by atoms with E-state index >= 15 is 0 Å². The number of alkyl halides is 1. The molecule has 0 bridgehead atoms. The molecule has 0 aliphatic rings. The van der Waals surface area contributed by atoms with Gasteiger partial charge in [-0.1, -0.05) is 91.4 Å². The van der Waals surface area contributed by atoms with E-state index in [-0.39, 0.29) is 40.5 Å². The number of halogens is 1. The van der Waals surface area contributed by atoms with Crippen molar-refractivity contribution >= 4 is 56.9 Å². The van der Waals surface area contributed by atoms with Crippen molar-refractivity contribution in [3.8, 4) is 0 Å². The molecule has 0 saturated carbocycles. The van der Waals surface area contributed by atoms with Crippen LogP contribution in [0.3, 0.4) is 0 Å². The first-order chi connectivity index (χ1) is 23.3. The van der Waals surface area contributed by atoms with Crippen LogP contribution < -0.4 is 5.32 Å². The fourth-order valence-electron chi connectivity index (χ4n) is 3.95. The standard InChI is InChI=1S/C16H24O7S3.C15H22ClNO3S.C4H10/c1-4-24(18,19)11-15(17)12-25(20,21)9-10-26(22,23)16-7-5-14(6-8-16)13(2)3;1-12(2)14-5-3-13(4-6-14)11-17-15(18)7-9-21(19,20)10-8-16;1-4(2)3/h4-8,13,15,17H,1,9-12H2,2-3H3;3-6,12H,7-11H2,1-2H3,(H,17,18);4H,1-3H3. The second-order valence-corrected chi connectivity index (χ2v) is 22.3. The minimum Gasteiger partial charge on any atom is -0.391 e. The molecule has 1 atom stereocenters. The van der Waals surface area contributed by atoms with Crippen molar-refractivity contribution in [2.45, 2.75) is 84.3 Å². The predicted octanol–water partition coefficient (Wildman–Crippen LogP) is 5.05. The Morgan fingerprint density at radius 1 is 0.725 bits per heavy atom. The molecule has 51 heavy (non-hydrogen) atoms. The molecule has 292 valence electrons. The molecule has 2 aromatic carbocycles. The molecule has 2 rings (SSSR count). The van der Waals surface area contributed by atoms with Gasteiger partial charge in [-0.25, -0.2) is 33.7 Å². The second-order valence-electron chi connectivity index (χ2n) is 13.3. The Bertz CT molecular complexity index is 1790. The van der Waals surface area contributed by atoms with E-state index in [9.17, 15) is 43.6 Å². The number of rotatable bonds is 18. The van der Waals surface area contributed by atoms with Crippen LogP contribution in [0, 0.1) is 5.92 Å². The van der Waals surface area contributed by atoms with Gasteiger partial charge in [0.2, 0.25) is 5.91 Å². The average molecular weight is 815 g/mol. The van der Waals surface area contributed by atoms with Crippen LogP contribution in [-0.2, 0) is 50.7 Å². The molecule has 0 saturated heterocycles. The van der Waals surface area contributed by atoms with Crippen molar-refractivity contribution in [1.82, 2.24) is 5.32 Å². The Kier molecular flexibility index (Phi) is 21.7. The monoisotopic (exact) mass is 813 g/mol. The van der Waals surface area contributed by atoms with E-state index < -0.39 is 68.5 Å². The third kappa shape index (κ3) is 22.4. The van der Waals surface area contributed by atoms with Gasteiger partial charge in [0.05, 0.1) is 45.5 Å². The Balaban J connectivity index is 0.000000902. The van der Waals surface area contributed by atoms with E-state index in [0.717, 1.165) is 17.0 Å². The molecule has 0 aliphatic carbocycles. The number of hydrogen-bond donors (Lipinski definition) is 2. The SMILES string of the molecule is C=CS(=O)(=O)CC(O)CS(=O)(=O)CCS(=O)(=O)c1ccc(C(C)C)cc1.CC(C)C.CC(C)c1ccc(CNC(=O)CCS(=O)(=O)CCCl)cc1. The molecule has 0 fully saturated rings. The van der Waals surface area contributed by atoms with E-state index in [0.29, 0.717) is 17.9 Å². The number of carbonyl (C=O) groups is 1. The number of carbonyl (C=O) groups excluding carboxylic acids is 1. The largest absolute Gasteiger partial charge is 0.391 e. The number of aliphatic hydroxyl groups is 1. The van der Waals surface area contributed by atoms with Crippen LogP contribution in [-0.4, -0.2) is 91.2 Å². The number of sulfone groups is 4. The molecule has 2 aromatic rings. The summed E-state index contributed by atoms with van der Waals surface area (Å²) in [6, 6.07) is 14.2. The lowest BCUT2D eigenvalue weighted by atomic mass is 10.0. The van der Waals surface area contributed by atoms with E-state index in [1.165, 1.54) is 17.7 Å². The van der Waals surface area contributed by atoms with E-state index in [4.69, 9.17) is 11.6 Å². The van der Waals surface area contributed by atoms with Gasteiger partial charge >= 0.3 is 0 Å². The summed E-state index contributed by atoms with van der Waals surface area (Å²) in [5, 5.41) is 13.0. The molecule has 2 N–H and O–H groups in total. The van der Waals surface area contributed by atoms with Crippen LogP contribution in [0.5, 0.6) is 0 Å². The average Bonchev–Trinajstić information content (AvgIpc) is 3.01. The third-order valence-electron chi connectivity index (χ3n) is 6.86. The fourth-order valence-corrected chi connectivity index (χ4v) is 10.1. The zero-order valence-corrected chi connectivity index (χ0v) is 34.7. The van der Waals surface area contributed by atoms with Gasteiger partial charge in [0.15, 0.2) is 39.3 Å². The Morgan fingerprint density at radius 2 is 1.20 bits per heavy atom. The van der Waals surface area contributed by atoms with Gasteiger partial charge in [0, 0.05) is 24.3 Å². The molecular formula is C35H56ClNO10S4. The highest BCUT2D eigenvalue weighted by molar-refractivity contribution is 7.95. The zero-order valence-electron chi connectivity index (χ0n) is 30.7. The maximum atomic E-state index is 12.3. The minimum absolute atomic E-state index is 0.0203.